The fourth-order valence-electron chi connectivity index (χ4n) is 4.54. The first-order chi connectivity index (χ1) is 19.1. The number of thioether (sulfide) groups is 1. The third kappa shape index (κ3) is 5.88. The van der Waals surface area contributed by atoms with Crippen LogP contribution in [-0.4, -0.2) is 61.3 Å². The minimum absolute atomic E-state index is 0.105. The summed E-state index contributed by atoms with van der Waals surface area (Å²) in [4.78, 5) is 29.5. The van der Waals surface area contributed by atoms with E-state index in [1.54, 1.807) is 46.9 Å². The second-order valence-corrected chi connectivity index (χ2v) is 11.0. The summed E-state index contributed by atoms with van der Waals surface area (Å²) in [6.45, 7) is 0.921. The molecule has 0 saturated heterocycles. The zero-order valence-corrected chi connectivity index (χ0v) is 23.5. The smallest absolute Gasteiger partial charge is 0.240 e. The van der Waals surface area contributed by atoms with E-state index < -0.39 is 0 Å². The average Bonchev–Trinajstić information content (AvgIpc) is 3.61. The molecule has 2 aromatic heterocycles. The van der Waals surface area contributed by atoms with Crippen LogP contribution in [0, 0.1) is 0 Å². The lowest BCUT2D eigenvalue weighted by atomic mass is 10.0. The van der Waals surface area contributed by atoms with Gasteiger partial charge < -0.3 is 14.8 Å². The molecule has 0 unspecified atom stereocenters. The molecule has 1 aliphatic heterocycles. The highest BCUT2D eigenvalue weighted by atomic mass is 32.2. The lowest BCUT2D eigenvalue weighted by Gasteiger charge is -2.23. The summed E-state index contributed by atoms with van der Waals surface area (Å²) in [5.74, 6) is 1.20. The minimum Gasteiger partial charge on any atom is -0.497 e. The number of amides is 2. The number of hydrogen-bond acceptors (Lipinski definition) is 7. The van der Waals surface area contributed by atoms with E-state index in [9.17, 15) is 9.59 Å². The second kappa shape index (κ2) is 12.5. The van der Waals surface area contributed by atoms with Gasteiger partial charge in [0.05, 0.1) is 29.5 Å². The van der Waals surface area contributed by atoms with Crippen LogP contribution in [0.5, 0.6) is 5.75 Å². The number of carbonyl (C=O) groups is 2. The number of thiophene rings is 1. The maximum atomic E-state index is 13.7. The molecular weight excluding hydrogens is 532 g/mol. The number of hydrogen-bond donors (Lipinski definition) is 1. The first-order valence-corrected chi connectivity index (χ1v) is 14.6. The number of methoxy groups -OCH3 is 2. The van der Waals surface area contributed by atoms with E-state index in [1.165, 1.54) is 0 Å². The van der Waals surface area contributed by atoms with E-state index in [0.29, 0.717) is 25.4 Å². The third-order valence-electron chi connectivity index (χ3n) is 6.40. The topological polar surface area (TPSA) is 85.7 Å². The van der Waals surface area contributed by atoms with Gasteiger partial charge in [-0.2, -0.15) is 5.10 Å². The van der Waals surface area contributed by atoms with Crippen LogP contribution in [0.1, 0.15) is 22.1 Å². The third-order valence-corrected chi connectivity index (χ3v) is 8.73. The molecule has 1 N–H and O–H groups in total. The van der Waals surface area contributed by atoms with Crippen LogP contribution in [0.25, 0.3) is 16.9 Å². The van der Waals surface area contributed by atoms with Crippen molar-refractivity contribution in [2.45, 2.75) is 11.7 Å². The fourth-order valence-corrected chi connectivity index (χ4v) is 6.72. The molecule has 0 fully saturated rings. The number of aromatic nitrogens is 2. The van der Waals surface area contributed by atoms with Gasteiger partial charge in [-0.3, -0.25) is 14.5 Å². The highest BCUT2D eigenvalue weighted by Gasteiger charge is 2.38. The predicted molar refractivity (Wildman–Crippen MR) is 156 cm³/mol. The maximum absolute atomic E-state index is 13.7. The SMILES string of the molecule is COCCCNC(=O)CN1C(=O)CS[C@@H](c2cccs2)c2c(-c3ccccc3)nn(-c3ccc(OC)cc3)c21. The normalized spacial score (nSPS) is 15.1. The molecule has 0 aliphatic carbocycles. The largest absolute Gasteiger partial charge is 0.497 e. The number of nitrogens with one attached hydrogen (secondary N) is 1. The van der Waals surface area contributed by atoms with Crippen molar-refractivity contribution in [3.05, 3.63) is 82.6 Å². The zero-order chi connectivity index (χ0) is 27.2. The van der Waals surface area contributed by atoms with Crippen LogP contribution in [0.15, 0.2) is 72.1 Å². The lowest BCUT2D eigenvalue weighted by molar-refractivity contribution is -0.122. The molecule has 1 aliphatic rings. The van der Waals surface area contributed by atoms with Gasteiger partial charge in [-0.15, -0.1) is 23.1 Å². The Labute approximate surface area is 235 Å². The number of benzene rings is 2. The van der Waals surface area contributed by atoms with E-state index in [1.807, 2.05) is 66.0 Å². The van der Waals surface area contributed by atoms with Gasteiger partial charge in [-0.1, -0.05) is 36.4 Å². The molecule has 8 nitrogen and oxygen atoms in total. The van der Waals surface area contributed by atoms with Crippen LogP contribution in [-0.2, 0) is 14.3 Å². The van der Waals surface area contributed by atoms with Gasteiger partial charge >= 0.3 is 0 Å². The molecule has 0 spiro atoms. The molecule has 2 amide bonds. The van der Waals surface area contributed by atoms with Crippen LogP contribution >= 0.6 is 23.1 Å². The minimum atomic E-state index is -0.228. The van der Waals surface area contributed by atoms with E-state index in [2.05, 4.69) is 11.4 Å². The van der Waals surface area contributed by atoms with Gasteiger partial charge in [0.25, 0.3) is 0 Å². The van der Waals surface area contributed by atoms with E-state index in [-0.39, 0.29) is 29.4 Å². The van der Waals surface area contributed by atoms with Crippen molar-refractivity contribution in [1.82, 2.24) is 15.1 Å². The maximum Gasteiger partial charge on any atom is 0.240 e. The average molecular weight is 563 g/mol. The Bertz CT molecular complexity index is 1410. The van der Waals surface area contributed by atoms with Crippen LogP contribution in [0.2, 0.25) is 0 Å². The van der Waals surface area contributed by atoms with Crippen LogP contribution < -0.4 is 15.0 Å². The predicted octanol–water partition coefficient (Wildman–Crippen LogP) is 4.93. The molecule has 2 aromatic carbocycles. The molecule has 3 heterocycles. The number of carbonyl (C=O) groups excluding carboxylic acids is 2. The number of ether oxygens (including phenoxy) is 2. The molecular formula is C29H30N4O4S2. The monoisotopic (exact) mass is 562 g/mol. The zero-order valence-electron chi connectivity index (χ0n) is 21.8. The fraction of sp³-hybridized carbons (Fsp3) is 0.276. The lowest BCUT2D eigenvalue weighted by Crippen LogP contribution is -2.42. The Kier molecular flexibility index (Phi) is 8.65. The number of anilines is 1. The molecule has 4 aromatic rings. The van der Waals surface area contributed by atoms with E-state index >= 15 is 0 Å². The summed E-state index contributed by atoms with van der Waals surface area (Å²) in [7, 11) is 3.25. The van der Waals surface area contributed by atoms with Crippen molar-refractivity contribution < 1.29 is 19.1 Å². The van der Waals surface area contributed by atoms with Gasteiger partial charge in [0.15, 0.2) is 0 Å². The number of rotatable bonds is 10. The Morgan fingerprint density at radius 2 is 1.87 bits per heavy atom. The van der Waals surface area contributed by atoms with Crippen molar-refractivity contribution in [1.29, 1.82) is 0 Å². The van der Waals surface area contributed by atoms with Gasteiger partial charge in [0.2, 0.25) is 11.8 Å². The standard InChI is InChI=1S/C29H30N4O4S2/c1-36-16-7-15-30-24(34)18-32-25(35)19-39-28(23-10-6-17-38-23)26-27(20-8-4-3-5-9-20)31-33(29(26)32)21-11-13-22(37-2)14-12-21/h3-6,8-14,17,28H,7,15-16,18-19H2,1-2H3,(H,30,34)/t28-/m0/s1. The Hall–Kier alpha value is -3.60. The summed E-state index contributed by atoms with van der Waals surface area (Å²) in [5, 5.41) is 9.94. The first kappa shape index (κ1) is 27.0. The highest BCUT2D eigenvalue weighted by Crippen LogP contribution is 2.49. The van der Waals surface area contributed by atoms with Crippen molar-refractivity contribution in [2.75, 3.05) is 44.6 Å². The molecule has 5 rings (SSSR count). The van der Waals surface area contributed by atoms with Gasteiger partial charge in [-0.05, 0) is 42.1 Å². The molecule has 1 atom stereocenters. The van der Waals surface area contributed by atoms with Crippen molar-refractivity contribution >= 4 is 40.7 Å². The Balaban J connectivity index is 1.68. The molecule has 10 heteroatoms. The Morgan fingerprint density at radius 3 is 2.56 bits per heavy atom. The number of fused-ring (bicyclic) bond motifs is 1. The van der Waals surface area contributed by atoms with Crippen LogP contribution in [0.4, 0.5) is 5.82 Å². The highest BCUT2D eigenvalue weighted by molar-refractivity contribution is 8.00. The van der Waals surface area contributed by atoms with Gasteiger partial charge in [0.1, 0.15) is 18.1 Å². The summed E-state index contributed by atoms with van der Waals surface area (Å²) in [5.41, 5.74) is 3.42. The van der Waals surface area contributed by atoms with E-state index in [0.717, 1.165) is 33.1 Å². The Morgan fingerprint density at radius 1 is 1.08 bits per heavy atom. The molecule has 0 saturated carbocycles. The molecule has 202 valence electrons. The van der Waals surface area contributed by atoms with Crippen molar-refractivity contribution in [3.8, 4) is 22.7 Å². The van der Waals surface area contributed by atoms with E-state index in [4.69, 9.17) is 14.6 Å². The summed E-state index contributed by atoms with van der Waals surface area (Å²) < 4.78 is 12.2. The van der Waals surface area contributed by atoms with Crippen LogP contribution in [0.3, 0.4) is 0 Å². The second-order valence-electron chi connectivity index (χ2n) is 8.94. The molecule has 0 radical (unpaired) electrons. The molecule has 39 heavy (non-hydrogen) atoms. The molecule has 0 bridgehead atoms. The summed E-state index contributed by atoms with van der Waals surface area (Å²) in [6.07, 6.45) is 0.694. The number of nitrogens with zero attached hydrogens (tertiary/aromatic N) is 3. The van der Waals surface area contributed by atoms with Gasteiger partial charge in [-0.25, -0.2) is 4.68 Å². The van der Waals surface area contributed by atoms with Crippen molar-refractivity contribution in [2.24, 2.45) is 0 Å². The van der Waals surface area contributed by atoms with Gasteiger partial charge in [0, 0.05) is 36.3 Å². The quantitative estimate of drug-likeness (QED) is 0.276. The summed E-state index contributed by atoms with van der Waals surface area (Å²) in [6, 6.07) is 21.6. The van der Waals surface area contributed by atoms with Crippen molar-refractivity contribution in [3.63, 3.8) is 0 Å². The first-order valence-electron chi connectivity index (χ1n) is 12.6. The summed E-state index contributed by atoms with van der Waals surface area (Å²) >= 11 is 3.22.